The zero-order valence-electron chi connectivity index (χ0n) is 10.5. The van der Waals surface area contributed by atoms with Gasteiger partial charge in [-0.2, -0.15) is 8.78 Å². The van der Waals surface area contributed by atoms with Crippen molar-refractivity contribution >= 4 is 10.0 Å². The highest BCUT2D eigenvalue weighted by Gasteiger charge is 2.41. The van der Waals surface area contributed by atoms with Crippen LogP contribution in [0.1, 0.15) is 12.6 Å². The van der Waals surface area contributed by atoms with Gasteiger partial charge in [-0.3, -0.25) is 0 Å². The van der Waals surface area contributed by atoms with E-state index in [1.165, 1.54) is 9.29 Å². The number of hydrogen-bond acceptors (Lipinski definition) is 3. The van der Waals surface area contributed by atoms with Crippen LogP contribution in [0, 0.1) is 0 Å². The minimum atomic E-state index is -4.44. The zero-order valence-corrected chi connectivity index (χ0v) is 11.3. The van der Waals surface area contributed by atoms with E-state index in [4.69, 9.17) is 5.11 Å². The number of aryl methyl sites for hydroxylation is 1. The van der Waals surface area contributed by atoms with E-state index in [0.29, 0.717) is 6.54 Å². The third-order valence-corrected chi connectivity index (χ3v) is 3.96. The molecular weight excluding hydrogens is 304 g/mol. The largest absolute Gasteiger partial charge is 0.390 e. The molecule has 1 rings (SSSR count). The normalized spacial score (nSPS) is 13.2. The quantitative estimate of drug-likeness (QED) is 0.742. The van der Waals surface area contributed by atoms with Crippen LogP contribution in [-0.4, -0.2) is 37.0 Å². The summed E-state index contributed by atoms with van der Waals surface area (Å²) < 4.78 is 75.5. The summed E-state index contributed by atoms with van der Waals surface area (Å²) in [6.45, 7) is -0.0815. The number of aliphatic hydroxyl groups excluding tert-OH is 1. The predicted octanol–water partition coefficient (Wildman–Crippen LogP) is 1.18. The van der Waals surface area contributed by atoms with Crippen LogP contribution in [0.2, 0.25) is 0 Å². The van der Waals surface area contributed by atoms with Gasteiger partial charge in [-0.1, -0.05) is 0 Å². The molecule has 0 amide bonds. The van der Waals surface area contributed by atoms with Crippen LogP contribution in [-0.2, 0) is 23.2 Å². The fraction of sp³-hybridized carbons (Fsp3) is 0.600. The molecule has 20 heavy (non-hydrogen) atoms. The van der Waals surface area contributed by atoms with Crippen molar-refractivity contribution in [3.05, 3.63) is 18.0 Å². The molecule has 0 fully saturated rings. The van der Waals surface area contributed by atoms with Gasteiger partial charge in [0.15, 0.2) is 0 Å². The van der Waals surface area contributed by atoms with Crippen LogP contribution in [0.25, 0.3) is 0 Å². The van der Waals surface area contributed by atoms with Gasteiger partial charge in [0.05, 0.1) is 18.0 Å². The second-order valence-electron chi connectivity index (χ2n) is 4.00. The highest BCUT2D eigenvalue weighted by Crippen LogP contribution is 2.23. The molecule has 116 valence electrons. The molecule has 0 unspecified atom stereocenters. The van der Waals surface area contributed by atoms with Gasteiger partial charge >= 0.3 is 12.3 Å². The standard InChI is InChI=1S/C10H14F4N2O3S/c1-2-16-4-8(3-7(16)5-17)20(18,19)15-6-10(13,14)9(11)12/h3-4,9,15,17H,2,5-6H2,1H3. The van der Waals surface area contributed by atoms with Gasteiger partial charge in [0.25, 0.3) is 0 Å². The Hall–Kier alpha value is -1.13. The van der Waals surface area contributed by atoms with E-state index < -0.39 is 35.5 Å². The SMILES string of the molecule is CCn1cc(S(=O)(=O)NCC(F)(F)C(F)F)cc1CO. The second kappa shape index (κ2) is 6.10. The van der Waals surface area contributed by atoms with Crippen molar-refractivity contribution < 1.29 is 31.1 Å². The van der Waals surface area contributed by atoms with Gasteiger partial charge in [-0.25, -0.2) is 21.9 Å². The first-order valence-corrected chi connectivity index (χ1v) is 7.08. The molecule has 0 aliphatic carbocycles. The third kappa shape index (κ3) is 3.70. The van der Waals surface area contributed by atoms with Crippen LogP contribution < -0.4 is 4.72 Å². The number of nitrogens with one attached hydrogen (secondary N) is 1. The Morgan fingerprint density at radius 1 is 1.45 bits per heavy atom. The third-order valence-electron chi connectivity index (χ3n) is 2.59. The highest BCUT2D eigenvalue weighted by atomic mass is 32.2. The molecule has 1 heterocycles. The summed E-state index contributed by atoms with van der Waals surface area (Å²) in [4.78, 5) is -0.367. The first kappa shape index (κ1) is 16.9. The van der Waals surface area contributed by atoms with Crippen molar-refractivity contribution in [1.29, 1.82) is 0 Å². The lowest BCUT2D eigenvalue weighted by atomic mass is 10.4. The molecule has 0 aliphatic rings. The van der Waals surface area contributed by atoms with Gasteiger partial charge in [0.2, 0.25) is 10.0 Å². The Balaban J connectivity index is 2.92. The molecule has 1 aromatic heterocycles. The molecule has 0 saturated heterocycles. The van der Waals surface area contributed by atoms with Crippen molar-refractivity contribution in [2.75, 3.05) is 6.54 Å². The number of alkyl halides is 4. The zero-order chi connectivity index (χ0) is 15.6. The summed E-state index contributed by atoms with van der Waals surface area (Å²) in [6, 6.07) is 1.09. The average Bonchev–Trinajstić information content (AvgIpc) is 2.80. The topological polar surface area (TPSA) is 71.3 Å². The number of halogens is 4. The van der Waals surface area contributed by atoms with E-state index in [1.54, 1.807) is 6.92 Å². The lowest BCUT2D eigenvalue weighted by molar-refractivity contribution is -0.122. The van der Waals surface area contributed by atoms with Crippen LogP contribution >= 0.6 is 0 Å². The van der Waals surface area contributed by atoms with Crippen LogP contribution in [0.4, 0.5) is 17.6 Å². The maximum Gasteiger partial charge on any atom is 0.320 e. The van der Waals surface area contributed by atoms with Crippen molar-refractivity contribution in [3.63, 3.8) is 0 Å². The summed E-state index contributed by atoms with van der Waals surface area (Å²) in [6.07, 6.45) is -2.83. The Labute approximate surface area is 113 Å². The van der Waals surface area contributed by atoms with E-state index in [0.717, 1.165) is 12.3 Å². The average molecular weight is 318 g/mol. The van der Waals surface area contributed by atoms with E-state index in [2.05, 4.69) is 0 Å². The Kier molecular flexibility index (Phi) is 5.16. The number of aliphatic hydroxyl groups is 1. The Morgan fingerprint density at radius 3 is 2.45 bits per heavy atom. The first-order chi connectivity index (χ1) is 9.14. The van der Waals surface area contributed by atoms with E-state index in [-0.39, 0.29) is 10.6 Å². The maximum atomic E-state index is 12.7. The molecule has 0 aliphatic heterocycles. The molecule has 0 saturated carbocycles. The lowest BCUT2D eigenvalue weighted by Crippen LogP contribution is -2.41. The van der Waals surface area contributed by atoms with Gasteiger partial charge in [0.1, 0.15) is 0 Å². The molecule has 5 nitrogen and oxygen atoms in total. The maximum absolute atomic E-state index is 12.7. The minimum Gasteiger partial charge on any atom is -0.390 e. The van der Waals surface area contributed by atoms with Gasteiger partial charge < -0.3 is 9.67 Å². The molecule has 10 heteroatoms. The molecule has 0 aromatic carbocycles. The van der Waals surface area contributed by atoms with Crippen LogP contribution in [0.15, 0.2) is 17.2 Å². The van der Waals surface area contributed by atoms with Gasteiger partial charge in [-0.15, -0.1) is 0 Å². The van der Waals surface area contributed by atoms with Crippen molar-refractivity contribution in [2.45, 2.75) is 37.3 Å². The molecule has 0 atom stereocenters. The smallest absolute Gasteiger partial charge is 0.320 e. The molecular formula is C10H14F4N2O3S. The highest BCUT2D eigenvalue weighted by molar-refractivity contribution is 7.89. The first-order valence-electron chi connectivity index (χ1n) is 5.59. The number of aromatic nitrogens is 1. The Bertz CT molecular complexity index is 535. The Morgan fingerprint density at radius 2 is 2.05 bits per heavy atom. The van der Waals surface area contributed by atoms with Crippen molar-refractivity contribution in [2.24, 2.45) is 0 Å². The molecule has 0 radical (unpaired) electrons. The summed E-state index contributed by atoms with van der Waals surface area (Å²) >= 11 is 0. The number of sulfonamides is 1. The fourth-order valence-electron chi connectivity index (χ4n) is 1.45. The second-order valence-corrected chi connectivity index (χ2v) is 5.76. The van der Waals surface area contributed by atoms with Crippen molar-refractivity contribution in [3.8, 4) is 0 Å². The number of rotatable bonds is 7. The minimum absolute atomic E-state index is 0.272. The van der Waals surface area contributed by atoms with E-state index in [1.807, 2.05) is 0 Å². The molecule has 1 aromatic rings. The van der Waals surface area contributed by atoms with Crippen LogP contribution in [0.3, 0.4) is 0 Å². The molecule has 0 bridgehead atoms. The summed E-state index contributed by atoms with van der Waals surface area (Å²) in [5, 5.41) is 9.01. The summed E-state index contributed by atoms with van der Waals surface area (Å²) in [7, 11) is -4.34. The number of nitrogens with zero attached hydrogens (tertiary/aromatic N) is 1. The van der Waals surface area contributed by atoms with Crippen LogP contribution in [0.5, 0.6) is 0 Å². The summed E-state index contributed by atoms with van der Waals surface area (Å²) in [5.41, 5.74) is 0.272. The van der Waals surface area contributed by atoms with Crippen molar-refractivity contribution in [1.82, 2.24) is 9.29 Å². The monoisotopic (exact) mass is 318 g/mol. The lowest BCUT2D eigenvalue weighted by Gasteiger charge is -2.15. The van der Waals surface area contributed by atoms with Gasteiger partial charge in [-0.05, 0) is 13.0 Å². The summed E-state index contributed by atoms with van der Waals surface area (Å²) in [5.74, 6) is -4.44. The molecule has 2 N–H and O–H groups in total. The number of hydrogen-bond donors (Lipinski definition) is 2. The molecule has 0 spiro atoms. The predicted molar refractivity (Wildman–Crippen MR) is 62.2 cm³/mol. The van der Waals surface area contributed by atoms with E-state index >= 15 is 0 Å². The van der Waals surface area contributed by atoms with E-state index in [9.17, 15) is 26.0 Å². The van der Waals surface area contributed by atoms with Gasteiger partial charge in [0, 0.05) is 18.4 Å². The fourth-order valence-corrected chi connectivity index (χ4v) is 2.56.